The molecule has 6 heteroatoms. The van der Waals surface area contributed by atoms with E-state index < -0.39 is 12.1 Å². The van der Waals surface area contributed by atoms with Crippen LogP contribution in [0.1, 0.15) is 328 Å². The number of unbranched alkanes of at least 4 members (excludes halogenated alkanes) is 41. The first-order valence-corrected chi connectivity index (χ1v) is 31.4. The summed E-state index contributed by atoms with van der Waals surface area (Å²) in [7, 11) is 0. The summed E-state index contributed by atoms with van der Waals surface area (Å²) in [6.07, 6.45) is 77.4. The predicted molar refractivity (Wildman–Crippen MR) is 310 cm³/mol. The van der Waals surface area contributed by atoms with Crippen LogP contribution in [0, 0.1) is 0 Å². The zero-order chi connectivity index (χ0) is 51.4. The zero-order valence-electron chi connectivity index (χ0n) is 47.5. The summed E-state index contributed by atoms with van der Waals surface area (Å²) in [5.41, 5.74) is 0. The van der Waals surface area contributed by atoms with E-state index in [1.165, 1.54) is 250 Å². The van der Waals surface area contributed by atoms with Crippen molar-refractivity contribution in [2.24, 2.45) is 0 Å². The Kier molecular flexibility index (Phi) is 58.5. The van der Waals surface area contributed by atoms with Crippen LogP contribution >= 0.6 is 0 Å². The third-order valence-electron chi connectivity index (χ3n) is 14.3. The molecule has 0 aromatic rings. The van der Waals surface area contributed by atoms with E-state index in [1.807, 2.05) is 6.08 Å². The van der Waals surface area contributed by atoms with E-state index in [0.717, 1.165) is 51.4 Å². The molecule has 2 atom stereocenters. The Morgan fingerprint density at radius 1 is 0.394 bits per heavy atom. The highest BCUT2D eigenvalue weighted by molar-refractivity contribution is 5.76. The summed E-state index contributed by atoms with van der Waals surface area (Å²) in [5.74, 6) is -0.0671. The van der Waals surface area contributed by atoms with Crippen molar-refractivity contribution in [3.05, 3.63) is 48.6 Å². The first-order valence-electron chi connectivity index (χ1n) is 31.4. The second-order valence-corrected chi connectivity index (χ2v) is 21.4. The maximum Gasteiger partial charge on any atom is 0.305 e. The van der Waals surface area contributed by atoms with Crippen molar-refractivity contribution in [2.75, 3.05) is 13.2 Å². The van der Waals surface area contributed by atoms with Crippen LogP contribution in [0.4, 0.5) is 0 Å². The molecule has 0 radical (unpaired) electrons. The van der Waals surface area contributed by atoms with Crippen LogP contribution in [0.5, 0.6) is 0 Å². The molecule has 0 bridgehead atoms. The minimum atomic E-state index is -0.845. The fourth-order valence-corrected chi connectivity index (χ4v) is 9.48. The molecule has 71 heavy (non-hydrogen) atoms. The van der Waals surface area contributed by atoms with Crippen molar-refractivity contribution >= 4 is 11.9 Å². The van der Waals surface area contributed by atoms with E-state index in [2.05, 4.69) is 55.6 Å². The molecule has 0 aromatic carbocycles. The predicted octanol–water partition coefficient (Wildman–Crippen LogP) is 19.7. The van der Waals surface area contributed by atoms with Gasteiger partial charge in [-0.05, 0) is 89.9 Å². The highest BCUT2D eigenvalue weighted by Crippen LogP contribution is 2.16. The van der Waals surface area contributed by atoms with Gasteiger partial charge in [0.05, 0.1) is 25.4 Å². The SMILES string of the molecule is CCCCCCCCC/C=C\CCCCCCCCCC(=O)OCCCCCCCCCCC/C=C\C/C=C\CCCCCCCCCCCCCC(=O)NC(CO)C(O)/C=C/CCCCCCCCC. The number of allylic oxidation sites excluding steroid dienone is 7. The fourth-order valence-electron chi connectivity index (χ4n) is 9.48. The molecule has 0 saturated carbocycles. The van der Waals surface area contributed by atoms with Crippen molar-refractivity contribution in [3.8, 4) is 0 Å². The van der Waals surface area contributed by atoms with Gasteiger partial charge >= 0.3 is 5.97 Å². The standard InChI is InChI=1S/C65H121NO5/c1-3-5-7-9-11-13-14-15-16-17-30-33-36-39-43-47-51-55-59-65(70)71-60-56-52-48-44-40-37-34-31-28-26-24-22-20-18-19-21-23-25-27-29-32-35-38-42-46-50-54-58-64(69)66-62(61-67)63(68)57-53-49-45-41-12-10-8-6-4-2/h16-19,22,24,53,57,62-63,67-68H,3-15,20-21,23,25-52,54-56,58-61H2,1-2H3,(H,66,69)/b17-16-,19-18-,24-22-,57-53+. The van der Waals surface area contributed by atoms with Crippen LogP contribution in [0.15, 0.2) is 48.6 Å². The van der Waals surface area contributed by atoms with Crippen LogP contribution in [-0.4, -0.2) is 47.4 Å². The Morgan fingerprint density at radius 3 is 1.08 bits per heavy atom. The van der Waals surface area contributed by atoms with Crippen LogP contribution in [0.2, 0.25) is 0 Å². The van der Waals surface area contributed by atoms with Gasteiger partial charge in [0.25, 0.3) is 0 Å². The second kappa shape index (κ2) is 60.4. The average molecular weight is 997 g/mol. The summed E-state index contributed by atoms with van der Waals surface area (Å²) < 4.78 is 5.49. The van der Waals surface area contributed by atoms with E-state index in [4.69, 9.17) is 4.74 Å². The highest BCUT2D eigenvalue weighted by atomic mass is 16.5. The number of aliphatic hydroxyl groups is 2. The molecular formula is C65H121NO5. The normalized spacial score (nSPS) is 12.9. The molecule has 0 heterocycles. The van der Waals surface area contributed by atoms with Gasteiger partial charge in [-0.15, -0.1) is 0 Å². The molecule has 0 aliphatic carbocycles. The third-order valence-corrected chi connectivity index (χ3v) is 14.3. The number of amides is 1. The molecule has 0 spiro atoms. The second-order valence-electron chi connectivity index (χ2n) is 21.4. The number of carbonyl (C=O) groups excluding carboxylic acids is 2. The summed E-state index contributed by atoms with van der Waals surface area (Å²) in [6.45, 7) is 4.87. The molecule has 0 aromatic heterocycles. The molecule has 0 aliphatic heterocycles. The smallest absolute Gasteiger partial charge is 0.305 e. The van der Waals surface area contributed by atoms with Crippen LogP contribution in [0.3, 0.4) is 0 Å². The van der Waals surface area contributed by atoms with Gasteiger partial charge in [0.1, 0.15) is 0 Å². The molecule has 6 nitrogen and oxygen atoms in total. The topological polar surface area (TPSA) is 95.9 Å². The number of esters is 1. The lowest BCUT2D eigenvalue weighted by Crippen LogP contribution is -2.45. The Morgan fingerprint density at radius 2 is 0.704 bits per heavy atom. The summed E-state index contributed by atoms with van der Waals surface area (Å²) >= 11 is 0. The average Bonchev–Trinajstić information content (AvgIpc) is 3.37. The molecule has 0 rings (SSSR count). The number of hydrogen-bond acceptors (Lipinski definition) is 5. The molecule has 0 fully saturated rings. The van der Waals surface area contributed by atoms with E-state index in [-0.39, 0.29) is 18.5 Å². The molecule has 2 unspecified atom stereocenters. The van der Waals surface area contributed by atoms with Crippen LogP contribution < -0.4 is 5.32 Å². The maximum absolute atomic E-state index is 12.4. The Labute approximate surface area is 442 Å². The summed E-state index contributed by atoms with van der Waals surface area (Å²) in [5, 5.41) is 22.9. The van der Waals surface area contributed by atoms with E-state index in [1.54, 1.807) is 6.08 Å². The quantitative estimate of drug-likeness (QED) is 0.0321. The molecule has 0 saturated heterocycles. The number of nitrogens with one attached hydrogen (secondary N) is 1. The van der Waals surface area contributed by atoms with Gasteiger partial charge in [0.15, 0.2) is 0 Å². The first kappa shape index (κ1) is 68.8. The van der Waals surface area contributed by atoms with Crippen molar-refractivity contribution in [1.82, 2.24) is 5.32 Å². The van der Waals surface area contributed by atoms with Gasteiger partial charge in [0, 0.05) is 12.8 Å². The van der Waals surface area contributed by atoms with Crippen molar-refractivity contribution in [3.63, 3.8) is 0 Å². The van der Waals surface area contributed by atoms with Gasteiger partial charge in [-0.3, -0.25) is 9.59 Å². The van der Waals surface area contributed by atoms with Gasteiger partial charge in [0.2, 0.25) is 5.91 Å². The molecular weight excluding hydrogens is 875 g/mol. The van der Waals surface area contributed by atoms with Crippen molar-refractivity contribution in [2.45, 2.75) is 341 Å². The fraction of sp³-hybridized carbons (Fsp3) is 0.846. The largest absolute Gasteiger partial charge is 0.466 e. The molecule has 3 N–H and O–H groups in total. The minimum absolute atomic E-state index is 0.00696. The lowest BCUT2D eigenvalue weighted by atomic mass is 10.0. The van der Waals surface area contributed by atoms with Gasteiger partial charge in [-0.2, -0.15) is 0 Å². The van der Waals surface area contributed by atoms with Crippen LogP contribution in [-0.2, 0) is 14.3 Å². The summed E-state index contributed by atoms with van der Waals surface area (Å²) in [4.78, 5) is 24.5. The third kappa shape index (κ3) is 57.0. The van der Waals surface area contributed by atoms with Gasteiger partial charge in [-0.1, -0.05) is 274 Å². The number of aliphatic hydroxyl groups excluding tert-OH is 2. The molecule has 416 valence electrons. The van der Waals surface area contributed by atoms with Crippen LogP contribution in [0.25, 0.3) is 0 Å². The Hall–Kier alpha value is -2.18. The lowest BCUT2D eigenvalue weighted by molar-refractivity contribution is -0.143. The maximum atomic E-state index is 12.4. The molecule has 1 amide bonds. The Bertz CT molecular complexity index is 1190. The monoisotopic (exact) mass is 996 g/mol. The number of rotatable bonds is 58. The number of carbonyl (C=O) groups is 2. The van der Waals surface area contributed by atoms with E-state index >= 15 is 0 Å². The minimum Gasteiger partial charge on any atom is -0.466 e. The highest BCUT2D eigenvalue weighted by Gasteiger charge is 2.18. The molecule has 0 aliphatic rings. The Balaban J connectivity index is 3.40. The summed E-state index contributed by atoms with van der Waals surface area (Å²) in [6, 6.07) is -0.629. The number of ether oxygens (including phenoxy) is 1. The van der Waals surface area contributed by atoms with Crippen molar-refractivity contribution < 1.29 is 24.5 Å². The first-order chi connectivity index (χ1) is 35.0. The van der Waals surface area contributed by atoms with Gasteiger partial charge < -0.3 is 20.3 Å². The number of hydrogen-bond donors (Lipinski definition) is 3. The van der Waals surface area contributed by atoms with Gasteiger partial charge in [-0.25, -0.2) is 0 Å². The van der Waals surface area contributed by atoms with E-state index in [9.17, 15) is 19.8 Å². The lowest BCUT2D eigenvalue weighted by Gasteiger charge is -2.20. The van der Waals surface area contributed by atoms with E-state index in [0.29, 0.717) is 19.4 Å². The zero-order valence-corrected chi connectivity index (χ0v) is 47.5. The van der Waals surface area contributed by atoms with Crippen molar-refractivity contribution in [1.29, 1.82) is 0 Å².